The van der Waals surface area contributed by atoms with Gasteiger partial charge in [0.25, 0.3) is 0 Å². The predicted octanol–water partition coefficient (Wildman–Crippen LogP) is 3.76. The number of benzene rings is 1. The fourth-order valence-corrected chi connectivity index (χ4v) is 1.29. The molecule has 0 fully saturated rings. The molecule has 1 aromatic carbocycles. The molecule has 2 nitrogen and oxygen atoms in total. The lowest BCUT2D eigenvalue weighted by Gasteiger charge is -2.08. The molecule has 0 N–H and O–H groups in total. The molecule has 1 rings (SSSR count). The van der Waals surface area contributed by atoms with Gasteiger partial charge >= 0.3 is 0 Å². The van der Waals surface area contributed by atoms with Crippen LogP contribution in [0.1, 0.15) is 37.0 Å². The highest BCUT2D eigenvalue weighted by atomic mass is 19.1. The van der Waals surface area contributed by atoms with Crippen LogP contribution < -0.4 is 4.74 Å². The van der Waals surface area contributed by atoms with Crippen molar-refractivity contribution >= 4 is 5.78 Å². The monoisotopic (exact) mass is 236 g/mol. The van der Waals surface area contributed by atoms with E-state index in [1.165, 1.54) is 12.1 Å². The van der Waals surface area contributed by atoms with Crippen LogP contribution in [0.15, 0.2) is 30.4 Å². The minimum absolute atomic E-state index is 0.120. The number of hydrogen-bond acceptors (Lipinski definition) is 2. The molecule has 0 atom stereocenters. The second-order valence-corrected chi connectivity index (χ2v) is 3.81. The molecule has 0 unspecified atom stereocenters. The number of carbonyl (C=O) groups excluding carboxylic acids is 1. The molecule has 1 aromatic rings. The van der Waals surface area contributed by atoms with E-state index >= 15 is 0 Å². The summed E-state index contributed by atoms with van der Waals surface area (Å²) < 4.78 is 18.9. The summed E-state index contributed by atoms with van der Waals surface area (Å²) in [7, 11) is 0. The second-order valence-electron chi connectivity index (χ2n) is 3.81. The van der Waals surface area contributed by atoms with Crippen LogP contribution in [0.5, 0.6) is 5.75 Å². The van der Waals surface area contributed by atoms with Gasteiger partial charge in [-0.3, -0.25) is 4.79 Å². The molecule has 17 heavy (non-hydrogen) atoms. The molecule has 0 amide bonds. The van der Waals surface area contributed by atoms with Crippen molar-refractivity contribution in [3.8, 4) is 5.75 Å². The molecule has 0 spiro atoms. The van der Waals surface area contributed by atoms with Gasteiger partial charge in [0, 0.05) is 12.5 Å². The van der Waals surface area contributed by atoms with E-state index in [-0.39, 0.29) is 11.3 Å². The average molecular weight is 236 g/mol. The normalized spacial score (nSPS) is 10.1. The van der Waals surface area contributed by atoms with Gasteiger partial charge in [0.2, 0.25) is 0 Å². The highest BCUT2D eigenvalue weighted by molar-refractivity contribution is 5.96. The van der Waals surface area contributed by atoms with Crippen LogP contribution in [0.25, 0.3) is 0 Å². The van der Waals surface area contributed by atoms with Gasteiger partial charge in [-0.05, 0) is 24.1 Å². The quantitative estimate of drug-likeness (QED) is 0.555. The molecule has 3 heteroatoms. The zero-order valence-electron chi connectivity index (χ0n) is 10.3. The molecule has 0 aliphatic heterocycles. The molecule has 0 saturated heterocycles. The molecule has 0 aliphatic rings. The summed E-state index contributed by atoms with van der Waals surface area (Å²) in [6.07, 6.45) is 1.12. The SMILES string of the molecule is C=C(CC)COc1ccc(C(=O)CC)c(F)c1. The summed E-state index contributed by atoms with van der Waals surface area (Å²) in [5.74, 6) is -0.312. The number of Topliss-reactive ketones (excluding diaryl/α,β-unsaturated/α-hetero) is 1. The lowest BCUT2D eigenvalue weighted by atomic mass is 10.1. The van der Waals surface area contributed by atoms with Gasteiger partial charge < -0.3 is 4.74 Å². The molecule has 0 aromatic heterocycles. The first-order valence-electron chi connectivity index (χ1n) is 5.70. The lowest BCUT2D eigenvalue weighted by Crippen LogP contribution is -2.03. The lowest BCUT2D eigenvalue weighted by molar-refractivity contribution is 0.0984. The third-order valence-corrected chi connectivity index (χ3v) is 2.51. The Balaban J connectivity index is 2.75. The first-order valence-corrected chi connectivity index (χ1v) is 5.70. The molecule has 0 bridgehead atoms. The Morgan fingerprint density at radius 1 is 1.35 bits per heavy atom. The van der Waals surface area contributed by atoms with E-state index in [4.69, 9.17) is 4.74 Å². The first-order chi connectivity index (χ1) is 8.08. The minimum Gasteiger partial charge on any atom is -0.489 e. The molecule has 0 aliphatic carbocycles. The van der Waals surface area contributed by atoms with Gasteiger partial charge in [0.1, 0.15) is 18.2 Å². The third kappa shape index (κ3) is 3.70. The fraction of sp³-hybridized carbons (Fsp3) is 0.357. The van der Waals surface area contributed by atoms with Crippen molar-refractivity contribution in [1.29, 1.82) is 0 Å². The van der Waals surface area contributed by atoms with E-state index in [1.807, 2.05) is 6.92 Å². The number of carbonyl (C=O) groups is 1. The van der Waals surface area contributed by atoms with Crippen LogP contribution >= 0.6 is 0 Å². The Morgan fingerprint density at radius 3 is 2.59 bits per heavy atom. The van der Waals surface area contributed by atoms with Crippen LogP contribution in [0.3, 0.4) is 0 Å². The van der Waals surface area contributed by atoms with Crippen molar-refractivity contribution in [2.24, 2.45) is 0 Å². The molecule has 92 valence electrons. The summed E-state index contributed by atoms with van der Waals surface area (Å²) in [5.41, 5.74) is 1.06. The topological polar surface area (TPSA) is 26.3 Å². The predicted molar refractivity (Wildman–Crippen MR) is 65.9 cm³/mol. The second kappa shape index (κ2) is 6.18. The Morgan fingerprint density at radius 2 is 2.06 bits per heavy atom. The molecular weight excluding hydrogens is 219 g/mol. The van der Waals surface area contributed by atoms with Gasteiger partial charge in [0.05, 0.1) is 5.56 Å². The summed E-state index contributed by atoms with van der Waals surface area (Å²) in [5, 5.41) is 0. The van der Waals surface area contributed by atoms with Crippen molar-refractivity contribution in [3.05, 3.63) is 41.7 Å². The Bertz CT molecular complexity index is 424. The van der Waals surface area contributed by atoms with Crippen molar-refractivity contribution < 1.29 is 13.9 Å². The Hall–Kier alpha value is -1.64. The first kappa shape index (κ1) is 13.4. The largest absolute Gasteiger partial charge is 0.489 e. The van der Waals surface area contributed by atoms with E-state index < -0.39 is 5.82 Å². The summed E-state index contributed by atoms with van der Waals surface area (Å²) in [6.45, 7) is 7.86. The van der Waals surface area contributed by atoms with E-state index in [1.54, 1.807) is 13.0 Å². The van der Waals surface area contributed by atoms with Gasteiger partial charge in [-0.1, -0.05) is 20.4 Å². The number of hydrogen-bond donors (Lipinski definition) is 0. The van der Waals surface area contributed by atoms with Crippen LogP contribution in [-0.4, -0.2) is 12.4 Å². The maximum Gasteiger partial charge on any atom is 0.165 e. The number of ether oxygens (including phenoxy) is 1. The molecule has 0 saturated carbocycles. The standard InChI is InChI=1S/C14H17FO2/c1-4-10(3)9-17-11-6-7-12(13(15)8-11)14(16)5-2/h6-8H,3-5,9H2,1-2H3. The summed E-state index contributed by atoms with van der Waals surface area (Å²) in [4.78, 5) is 11.4. The van der Waals surface area contributed by atoms with E-state index in [2.05, 4.69) is 6.58 Å². The van der Waals surface area contributed by atoms with Gasteiger partial charge in [-0.2, -0.15) is 0 Å². The van der Waals surface area contributed by atoms with Crippen LogP contribution in [0.2, 0.25) is 0 Å². The minimum atomic E-state index is -0.531. The average Bonchev–Trinajstić information content (AvgIpc) is 2.35. The van der Waals surface area contributed by atoms with Crippen molar-refractivity contribution in [2.75, 3.05) is 6.61 Å². The maximum absolute atomic E-state index is 13.6. The maximum atomic E-state index is 13.6. The van der Waals surface area contributed by atoms with Crippen molar-refractivity contribution in [1.82, 2.24) is 0 Å². The van der Waals surface area contributed by atoms with Crippen LogP contribution in [0, 0.1) is 5.82 Å². The van der Waals surface area contributed by atoms with Gasteiger partial charge in [-0.15, -0.1) is 0 Å². The van der Waals surface area contributed by atoms with E-state index in [9.17, 15) is 9.18 Å². The fourth-order valence-electron chi connectivity index (χ4n) is 1.29. The van der Waals surface area contributed by atoms with Gasteiger partial charge in [0.15, 0.2) is 5.78 Å². The third-order valence-electron chi connectivity index (χ3n) is 2.51. The van der Waals surface area contributed by atoms with E-state index in [0.29, 0.717) is 18.8 Å². The van der Waals surface area contributed by atoms with Crippen molar-refractivity contribution in [3.63, 3.8) is 0 Å². The van der Waals surface area contributed by atoms with Crippen LogP contribution in [0.4, 0.5) is 4.39 Å². The summed E-state index contributed by atoms with van der Waals surface area (Å²) in [6, 6.07) is 4.31. The highest BCUT2D eigenvalue weighted by Crippen LogP contribution is 2.18. The molecular formula is C14H17FO2. The number of ketones is 1. The Labute approximate surface area is 101 Å². The number of rotatable bonds is 6. The summed E-state index contributed by atoms with van der Waals surface area (Å²) >= 11 is 0. The smallest absolute Gasteiger partial charge is 0.165 e. The zero-order chi connectivity index (χ0) is 12.8. The van der Waals surface area contributed by atoms with Crippen LogP contribution in [-0.2, 0) is 0 Å². The number of halogens is 1. The molecule has 0 radical (unpaired) electrons. The van der Waals surface area contributed by atoms with Crippen molar-refractivity contribution in [2.45, 2.75) is 26.7 Å². The Kier molecular flexibility index (Phi) is 4.88. The highest BCUT2D eigenvalue weighted by Gasteiger charge is 2.10. The van der Waals surface area contributed by atoms with Gasteiger partial charge in [-0.25, -0.2) is 4.39 Å². The zero-order valence-corrected chi connectivity index (χ0v) is 10.3. The van der Waals surface area contributed by atoms with E-state index in [0.717, 1.165) is 12.0 Å². The molecule has 0 heterocycles.